The van der Waals surface area contributed by atoms with Gasteiger partial charge in [-0.15, -0.1) is 12.4 Å². The van der Waals surface area contributed by atoms with Gasteiger partial charge in [0, 0.05) is 19.6 Å². The first-order valence-corrected chi connectivity index (χ1v) is 6.72. The maximum Gasteiger partial charge on any atom is 0.236 e. The molecule has 5 heteroatoms. The van der Waals surface area contributed by atoms with E-state index in [1.807, 2.05) is 25.8 Å². The third-order valence-electron chi connectivity index (χ3n) is 3.70. The zero-order valence-corrected chi connectivity index (χ0v) is 12.7. The topological polar surface area (TPSA) is 49.6 Å². The SMILES string of the molecule is CC(C)N(C)C(=O)CN1CCCC(CCN)C1.Cl. The molecule has 0 aliphatic carbocycles. The molecule has 1 aliphatic rings. The van der Waals surface area contributed by atoms with E-state index in [9.17, 15) is 4.79 Å². The summed E-state index contributed by atoms with van der Waals surface area (Å²) >= 11 is 0. The molecule has 1 aliphatic heterocycles. The first kappa shape index (κ1) is 17.7. The van der Waals surface area contributed by atoms with Crippen LogP contribution in [-0.2, 0) is 4.79 Å². The van der Waals surface area contributed by atoms with E-state index in [-0.39, 0.29) is 24.4 Å². The van der Waals surface area contributed by atoms with E-state index in [0.29, 0.717) is 12.5 Å². The molecule has 1 fully saturated rings. The summed E-state index contributed by atoms with van der Waals surface area (Å²) in [4.78, 5) is 16.1. The van der Waals surface area contributed by atoms with Crippen molar-refractivity contribution in [2.45, 2.75) is 39.2 Å². The second kappa shape index (κ2) is 8.73. The van der Waals surface area contributed by atoms with Crippen LogP contribution in [0.25, 0.3) is 0 Å². The molecule has 0 aromatic heterocycles. The van der Waals surface area contributed by atoms with Crippen LogP contribution in [0.5, 0.6) is 0 Å². The van der Waals surface area contributed by atoms with E-state index in [0.717, 1.165) is 26.1 Å². The van der Waals surface area contributed by atoms with Crippen LogP contribution in [0.4, 0.5) is 0 Å². The van der Waals surface area contributed by atoms with E-state index in [1.165, 1.54) is 12.8 Å². The smallest absolute Gasteiger partial charge is 0.236 e. The lowest BCUT2D eigenvalue weighted by molar-refractivity contribution is -0.133. The van der Waals surface area contributed by atoms with Crippen LogP contribution in [-0.4, -0.2) is 55.0 Å². The summed E-state index contributed by atoms with van der Waals surface area (Å²) in [5.74, 6) is 0.916. The Kier molecular flexibility index (Phi) is 8.57. The summed E-state index contributed by atoms with van der Waals surface area (Å²) in [6, 6.07) is 0.284. The van der Waals surface area contributed by atoms with Crippen LogP contribution in [0.1, 0.15) is 33.1 Å². The minimum atomic E-state index is 0. The van der Waals surface area contributed by atoms with Crippen molar-refractivity contribution in [1.29, 1.82) is 0 Å². The molecule has 18 heavy (non-hydrogen) atoms. The second-order valence-corrected chi connectivity index (χ2v) is 5.42. The van der Waals surface area contributed by atoms with Crippen molar-refractivity contribution >= 4 is 18.3 Å². The first-order valence-electron chi connectivity index (χ1n) is 6.72. The molecule has 0 spiro atoms. The highest BCUT2D eigenvalue weighted by atomic mass is 35.5. The molecule has 0 bridgehead atoms. The number of likely N-dealkylation sites (tertiary alicyclic amines) is 1. The van der Waals surface area contributed by atoms with Crippen LogP contribution < -0.4 is 5.73 Å². The van der Waals surface area contributed by atoms with Crippen molar-refractivity contribution in [3.05, 3.63) is 0 Å². The number of piperidine rings is 1. The maximum atomic E-state index is 12.0. The van der Waals surface area contributed by atoms with Crippen molar-refractivity contribution in [2.24, 2.45) is 11.7 Å². The van der Waals surface area contributed by atoms with Crippen molar-refractivity contribution in [3.8, 4) is 0 Å². The second-order valence-electron chi connectivity index (χ2n) is 5.42. The zero-order chi connectivity index (χ0) is 12.8. The number of likely N-dealkylation sites (N-methyl/N-ethyl adjacent to an activating group) is 1. The van der Waals surface area contributed by atoms with E-state index in [1.54, 1.807) is 0 Å². The van der Waals surface area contributed by atoms with Gasteiger partial charge in [-0.2, -0.15) is 0 Å². The Morgan fingerprint density at radius 3 is 2.72 bits per heavy atom. The van der Waals surface area contributed by atoms with Gasteiger partial charge in [0.15, 0.2) is 0 Å². The van der Waals surface area contributed by atoms with E-state index in [4.69, 9.17) is 5.73 Å². The average molecular weight is 278 g/mol. The van der Waals surface area contributed by atoms with E-state index < -0.39 is 0 Å². The summed E-state index contributed by atoms with van der Waals surface area (Å²) in [6.45, 7) is 7.51. The van der Waals surface area contributed by atoms with Crippen LogP contribution in [0.15, 0.2) is 0 Å². The molecule has 4 nitrogen and oxygen atoms in total. The van der Waals surface area contributed by atoms with E-state index >= 15 is 0 Å². The predicted octanol–water partition coefficient (Wildman–Crippen LogP) is 1.34. The average Bonchev–Trinajstić information content (AvgIpc) is 2.28. The lowest BCUT2D eigenvalue weighted by Crippen LogP contribution is -2.45. The Balaban J connectivity index is 0.00000289. The molecule has 1 atom stereocenters. The standard InChI is InChI=1S/C13H27N3O.ClH/c1-11(2)15(3)13(17)10-16-8-4-5-12(9-16)6-7-14;/h11-12H,4-10,14H2,1-3H3;1H. The molecule has 0 radical (unpaired) electrons. The minimum Gasteiger partial charge on any atom is -0.342 e. The van der Waals surface area contributed by atoms with Gasteiger partial charge in [0.2, 0.25) is 5.91 Å². The van der Waals surface area contributed by atoms with E-state index in [2.05, 4.69) is 4.90 Å². The third kappa shape index (κ3) is 5.55. The number of hydrogen-bond donors (Lipinski definition) is 1. The maximum absolute atomic E-state index is 12.0. The molecule has 2 N–H and O–H groups in total. The summed E-state index contributed by atoms with van der Waals surface area (Å²) in [6.07, 6.45) is 3.55. The third-order valence-corrected chi connectivity index (χ3v) is 3.70. The van der Waals surface area contributed by atoms with Gasteiger partial charge in [-0.3, -0.25) is 9.69 Å². The van der Waals surface area contributed by atoms with Crippen LogP contribution >= 0.6 is 12.4 Å². The lowest BCUT2D eigenvalue weighted by atomic mass is 9.95. The normalized spacial score (nSPS) is 20.6. The van der Waals surface area contributed by atoms with Crippen molar-refractivity contribution in [1.82, 2.24) is 9.80 Å². The van der Waals surface area contributed by atoms with Gasteiger partial charge in [-0.25, -0.2) is 0 Å². The number of amides is 1. The minimum absolute atomic E-state index is 0. The number of rotatable bonds is 5. The van der Waals surface area contributed by atoms with Gasteiger partial charge >= 0.3 is 0 Å². The largest absolute Gasteiger partial charge is 0.342 e. The van der Waals surface area contributed by atoms with Crippen molar-refractivity contribution in [2.75, 3.05) is 33.2 Å². The van der Waals surface area contributed by atoms with Crippen LogP contribution in [0, 0.1) is 5.92 Å². The molecule has 0 aromatic rings. The fraction of sp³-hybridized carbons (Fsp3) is 0.923. The van der Waals surface area contributed by atoms with Crippen LogP contribution in [0.3, 0.4) is 0 Å². The van der Waals surface area contributed by atoms with Gasteiger partial charge in [0.05, 0.1) is 6.54 Å². The number of carbonyl (C=O) groups excluding carboxylic acids is 1. The summed E-state index contributed by atoms with van der Waals surface area (Å²) < 4.78 is 0. The van der Waals surface area contributed by atoms with Gasteiger partial charge < -0.3 is 10.6 Å². The number of carbonyl (C=O) groups is 1. The zero-order valence-electron chi connectivity index (χ0n) is 11.9. The number of nitrogens with zero attached hydrogens (tertiary/aromatic N) is 2. The quantitative estimate of drug-likeness (QED) is 0.825. The molecule has 1 rings (SSSR count). The highest BCUT2D eigenvalue weighted by molar-refractivity contribution is 5.85. The lowest BCUT2D eigenvalue weighted by Gasteiger charge is -2.33. The van der Waals surface area contributed by atoms with Crippen molar-refractivity contribution in [3.63, 3.8) is 0 Å². The molecule has 0 aromatic carbocycles. The summed E-state index contributed by atoms with van der Waals surface area (Å²) in [5.41, 5.74) is 5.60. The fourth-order valence-corrected chi connectivity index (χ4v) is 2.36. The van der Waals surface area contributed by atoms with Gasteiger partial charge in [0.1, 0.15) is 0 Å². The fourth-order valence-electron chi connectivity index (χ4n) is 2.36. The Hall–Kier alpha value is -0.320. The van der Waals surface area contributed by atoms with Gasteiger partial charge in [-0.05, 0) is 52.1 Å². The number of hydrogen-bond acceptors (Lipinski definition) is 3. The Bertz CT molecular complexity index is 246. The van der Waals surface area contributed by atoms with Crippen molar-refractivity contribution < 1.29 is 4.79 Å². The molecular formula is C13H28ClN3O. The van der Waals surface area contributed by atoms with Gasteiger partial charge in [0.25, 0.3) is 0 Å². The summed E-state index contributed by atoms with van der Waals surface area (Å²) in [7, 11) is 1.88. The summed E-state index contributed by atoms with van der Waals surface area (Å²) in [5, 5.41) is 0. The number of halogens is 1. The number of nitrogens with two attached hydrogens (primary N) is 1. The first-order chi connectivity index (χ1) is 8.04. The molecule has 1 amide bonds. The Morgan fingerprint density at radius 1 is 1.50 bits per heavy atom. The Labute approximate surface area is 117 Å². The highest BCUT2D eigenvalue weighted by Gasteiger charge is 2.22. The monoisotopic (exact) mass is 277 g/mol. The van der Waals surface area contributed by atoms with Crippen LogP contribution in [0.2, 0.25) is 0 Å². The van der Waals surface area contributed by atoms with Gasteiger partial charge in [-0.1, -0.05) is 0 Å². The molecule has 108 valence electrons. The molecule has 1 saturated heterocycles. The molecule has 0 saturated carbocycles. The Morgan fingerprint density at radius 2 is 2.17 bits per heavy atom. The molecule has 1 heterocycles. The molecule has 1 unspecified atom stereocenters. The predicted molar refractivity (Wildman–Crippen MR) is 78.0 cm³/mol. The highest BCUT2D eigenvalue weighted by Crippen LogP contribution is 2.18. The molecular weight excluding hydrogens is 250 g/mol.